The molecule has 0 bridgehead atoms. The van der Waals surface area contributed by atoms with Crippen molar-refractivity contribution in [1.29, 1.82) is 5.41 Å². The molecule has 0 atom stereocenters. The van der Waals surface area contributed by atoms with Gasteiger partial charge in [0.05, 0.1) is 5.04 Å². The van der Waals surface area contributed by atoms with Crippen LogP contribution in [-0.2, 0) is 0 Å². The van der Waals surface area contributed by atoms with Crippen molar-refractivity contribution in [3.8, 4) is 0 Å². The molecule has 0 fully saturated rings. The molecule has 1 aromatic rings. The van der Waals surface area contributed by atoms with Crippen LogP contribution < -0.4 is 0 Å². The van der Waals surface area contributed by atoms with E-state index in [1.54, 1.807) is 5.41 Å². The van der Waals surface area contributed by atoms with Crippen LogP contribution in [0, 0.1) is 5.41 Å². The smallest absolute Gasteiger partial charge is 0.0984 e. The van der Waals surface area contributed by atoms with Crippen molar-refractivity contribution in [2.24, 2.45) is 0 Å². The van der Waals surface area contributed by atoms with Crippen LogP contribution in [0.1, 0.15) is 5.56 Å². The van der Waals surface area contributed by atoms with Crippen LogP contribution in [-0.4, -0.2) is 5.04 Å². The van der Waals surface area contributed by atoms with Crippen LogP contribution in [0.5, 0.6) is 0 Å². The molecule has 11 heavy (non-hydrogen) atoms. The molecule has 0 aliphatic carbocycles. The van der Waals surface area contributed by atoms with E-state index in [1.807, 2.05) is 30.3 Å². The highest BCUT2D eigenvalue weighted by Crippen LogP contribution is 2.11. The molecule has 0 spiro atoms. The standard InChI is InChI=1S/C9H9NS/c1-2-11-9(10)8-6-4-3-5-7-8/h2-7,10H,1H2. The summed E-state index contributed by atoms with van der Waals surface area (Å²) in [5.74, 6) is 0. The van der Waals surface area contributed by atoms with Crippen LogP contribution in [0.3, 0.4) is 0 Å². The third-order valence-corrected chi connectivity index (χ3v) is 1.88. The lowest BCUT2D eigenvalue weighted by molar-refractivity contribution is 1.53. The molecule has 1 rings (SSSR count). The van der Waals surface area contributed by atoms with Gasteiger partial charge < -0.3 is 0 Å². The van der Waals surface area contributed by atoms with E-state index >= 15 is 0 Å². The summed E-state index contributed by atoms with van der Waals surface area (Å²) in [4.78, 5) is 0. The molecule has 0 saturated carbocycles. The molecule has 1 aromatic carbocycles. The monoisotopic (exact) mass is 163 g/mol. The Morgan fingerprint density at radius 2 is 2.00 bits per heavy atom. The highest BCUT2D eigenvalue weighted by atomic mass is 32.2. The van der Waals surface area contributed by atoms with E-state index in [0.29, 0.717) is 5.04 Å². The summed E-state index contributed by atoms with van der Waals surface area (Å²) >= 11 is 1.33. The first-order valence-electron chi connectivity index (χ1n) is 3.26. The Hall–Kier alpha value is -1.02. The van der Waals surface area contributed by atoms with Crippen molar-refractivity contribution in [3.05, 3.63) is 47.9 Å². The molecule has 0 saturated heterocycles. The predicted octanol–water partition coefficient (Wildman–Crippen LogP) is 2.89. The Balaban J connectivity index is 2.77. The van der Waals surface area contributed by atoms with Gasteiger partial charge in [-0.3, -0.25) is 5.41 Å². The van der Waals surface area contributed by atoms with Crippen molar-refractivity contribution >= 4 is 16.8 Å². The third kappa shape index (κ3) is 2.24. The first kappa shape index (κ1) is 8.08. The SMILES string of the molecule is C=CSC(=N)c1ccccc1. The van der Waals surface area contributed by atoms with Gasteiger partial charge in [-0.05, 0) is 5.41 Å². The summed E-state index contributed by atoms with van der Waals surface area (Å²) in [5.41, 5.74) is 0.942. The first-order chi connectivity index (χ1) is 5.34. The predicted molar refractivity (Wildman–Crippen MR) is 51.1 cm³/mol. The molecular weight excluding hydrogens is 154 g/mol. The van der Waals surface area contributed by atoms with E-state index in [2.05, 4.69) is 6.58 Å². The maximum Gasteiger partial charge on any atom is 0.0984 e. The van der Waals surface area contributed by atoms with E-state index in [9.17, 15) is 0 Å². The summed E-state index contributed by atoms with van der Waals surface area (Å²) in [6.07, 6.45) is 0. The molecule has 0 aliphatic heterocycles. The van der Waals surface area contributed by atoms with Gasteiger partial charge in [0.25, 0.3) is 0 Å². The highest BCUT2D eigenvalue weighted by Gasteiger charge is 1.96. The zero-order valence-electron chi connectivity index (χ0n) is 6.08. The lowest BCUT2D eigenvalue weighted by Gasteiger charge is -1.97. The summed E-state index contributed by atoms with van der Waals surface area (Å²) in [5, 5.41) is 9.73. The van der Waals surface area contributed by atoms with E-state index < -0.39 is 0 Å². The number of thioether (sulfide) groups is 1. The molecule has 0 aliphatic rings. The molecular formula is C9H9NS. The van der Waals surface area contributed by atoms with Crippen molar-refractivity contribution in [3.63, 3.8) is 0 Å². The molecule has 56 valence electrons. The lowest BCUT2D eigenvalue weighted by atomic mass is 10.2. The van der Waals surface area contributed by atoms with Crippen LogP contribution in [0.2, 0.25) is 0 Å². The van der Waals surface area contributed by atoms with Crippen molar-refractivity contribution in [2.75, 3.05) is 0 Å². The quantitative estimate of drug-likeness (QED) is 0.526. The lowest BCUT2D eigenvalue weighted by Crippen LogP contribution is -1.89. The van der Waals surface area contributed by atoms with Crippen molar-refractivity contribution < 1.29 is 0 Å². The molecule has 0 unspecified atom stereocenters. The van der Waals surface area contributed by atoms with Gasteiger partial charge in [-0.25, -0.2) is 0 Å². The van der Waals surface area contributed by atoms with Gasteiger partial charge in [0.1, 0.15) is 0 Å². The fourth-order valence-electron chi connectivity index (χ4n) is 0.741. The number of rotatable bonds is 2. The summed E-state index contributed by atoms with van der Waals surface area (Å²) in [6, 6.07) is 9.62. The van der Waals surface area contributed by atoms with Gasteiger partial charge in [-0.2, -0.15) is 0 Å². The number of nitrogens with one attached hydrogen (secondary N) is 1. The van der Waals surface area contributed by atoms with E-state index in [-0.39, 0.29) is 0 Å². The topological polar surface area (TPSA) is 23.9 Å². The minimum Gasteiger partial charge on any atom is -0.293 e. The van der Waals surface area contributed by atoms with Crippen LogP contribution in [0.15, 0.2) is 42.3 Å². The van der Waals surface area contributed by atoms with Crippen LogP contribution in [0.25, 0.3) is 0 Å². The molecule has 2 heteroatoms. The molecule has 0 amide bonds. The van der Waals surface area contributed by atoms with Gasteiger partial charge >= 0.3 is 0 Å². The van der Waals surface area contributed by atoms with E-state index in [0.717, 1.165) is 5.56 Å². The maximum atomic E-state index is 7.52. The second kappa shape index (κ2) is 3.98. The summed E-state index contributed by atoms with van der Waals surface area (Å²) in [6.45, 7) is 3.55. The van der Waals surface area contributed by atoms with Crippen molar-refractivity contribution in [2.45, 2.75) is 0 Å². The van der Waals surface area contributed by atoms with Gasteiger partial charge in [0.2, 0.25) is 0 Å². The average molecular weight is 163 g/mol. The Morgan fingerprint density at radius 3 is 2.55 bits per heavy atom. The van der Waals surface area contributed by atoms with Gasteiger partial charge in [0.15, 0.2) is 0 Å². The number of hydrogen-bond acceptors (Lipinski definition) is 2. The van der Waals surface area contributed by atoms with E-state index in [1.165, 1.54) is 11.8 Å². The zero-order chi connectivity index (χ0) is 8.10. The largest absolute Gasteiger partial charge is 0.293 e. The van der Waals surface area contributed by atoms with Crippen LogP contribution >= 0.6 is 11.8 Å². The number of hydrogen-bond donors (Lipinski definition) is 1. The molecule has 1 N–H and O–H groups in total. The normalized spacial score (nSPS) is 9.09. The fraction of sp³-hybridized carbons (Fsp3) is 0. The zero-order valence-corrected chi connectivity index (χ0v) is 6.90. The van der Waals surface area contributed by atoms with E-state index in [4.69, 9.17) is 5.41 Å². The summed E-state index contributed by atoms with van der Waals surface area (Å²) < 4.78 is 0. The molecule has 0 heterocycles. The van der Waals surface area contributed by atoms with Crippen molar-refractivity contribution in [1.82, 2.24) is 0 Å². The van der Waals surface area contributed by atoms with Gasteiger partial charge in [0, 0.05) is 5.56 Å². The Bertz CT molecular complexity index is 254. The average Bonchev–Trinajstić information content (AvgIpc) is 2.07. The maximum absolute atomic E-state index is 7.52. The highest BCUT2D eigenvalue weighted by molar-refractivity contribution is 8.16. The Morgan fingerprint density at radius 1 is 1.36 bits per heavy atom. The second-order valence-corrected chi connectivity index (χ2v) is 2.96. The molecule has 0 aromatic heterocycles. The molecule has 1 nitrogen and oxygen atoms in total. The Labute approximate surface area is 70.6 Å². The van der Waals surface area contributed by atoms with Gasteiger partial charge in [-0.15, -0.1) is 0 Å². The molecule has 0 radical (unpaired) electrons. The van der Waals surface area contributed by atoms with Crippen LogP contribution in [0.4, 0.5) is 0 Å². The summed E-state index contributed by atoms with van der Waals surface area (Å²) in [7, 11) is 0. The number of benzene rings is 1. The third-order valence-electron chi connectivity index (χ3n) is 1.24. The fourth-order valence-corrected chi connectivity index (χ4v) is 1.18. The minimum atomic E-state index is 0.542. The van der Waals surface area contributed by atoms with Gasteiger partial charge in [-0.1, -0.05) is 48.7 Å². The first-order valence-corrected chi connectivity index (χ1v) is 4.14. The Kier molecular flexibility index (Phi) is 2.93. The second-order valence-electron chi connectivity index (χ2n) is 1.98. The minimum absolute atomic E-state index is 0.542.